The Morgan fingerprint density at radius 2 is 0.173 bits per heavy atom. The smallest absolute Gasteiger partial charge is 0.192 e. The molecule has 0 amide bonds. The number of alkyl halides is 34. The average Bonchev–Trinajstić information content (AvgIpc) is 2.85. The third-order valence-corrected chi connectivity index (χ3v) is 5.84. The highest BCUT2D eigenvalue weighted by molar-refractivity contribution is 14.0. The normalized spacial score (nSPS) is 16.7. The molecule has 318 valence electrons. The molecule has 0 saturated carbocycles. The van der Waals surface area contributed by atoms with Gasteiger partial charge in [0, 0.05) is 0 Å². The summed E-state index contributed by atoms with van der Waals surface area (Å²) in [4.78, 5) is 0. The zero-order valence-corrected chi connectivity index (χ0v) is 26.3. The summed E-state index contributed by atoms with van der Waals surface area (Å²) in [5, 5.41) is 0. The fourth-order valence-corrected chi connectivity index (χ4v) is 2.72. The van der Waals surface area contributed by atoms with Crippen LogP contribution in [0.3, 0.4) is 0 Å². The Kier molecular flexibility index (Phi) is 14.2. The van der Waals surface area contributed by atoms with Gasteiger partial charge in [-0.1, -0.05) is 0 Å². The zero-order valence-electron chi connectivity index (χ0n) is 21.7. The molecule has 0 rings (SSSR count). The van der Waals surface area contributed by atoms with Crippen molar-refractivity contribution in [1.82, 2.24) is 0 Å². The first-order valence-electron chi connectivity index (χ1n) is 10.2. The van der Waals surface area contributed by atoms with Crippen LogP contribution in [0.4, 0.5) is 149 Å². The van der Waals surface area contributed by atoms with Crippen LogP contribution in [0.15, 0.2) is 0 Å². The molecule has 0 aliphatic carbocycles. The van der Waals surface area contributed by atoms with Crippen molar-refractivity contribution in [3.63, 3.8) is 0 Å². The molecule has 0 atom stereocenters. The maximum atomic E-state index is 13.7. The summed E-state index contributed by atoms with van der Waals surface area (Å²) in [5.41, 5.74) is 0. The molecule has 0 nitrogen and oxygen atoms in total. The fraction of sp³-hybridized carbons (Fsp3) is 1.00. The van der Waals surface area contributed by atoms with Gasteiger partial charge in [0.05, 0.1) is 0 Å². The largest absolute Gasteiger partial charge is 0.460 e. The topological polar surface area (TPSA) is 0 Å². The van der Waals surface area contributed by atoms with Gasteiger partial charge in [0.15, 0.2) is 0 Å². The molecule has 0 radical (unpaired) electrons. The summed E-state index contributed by atoms with van der Waals surface area (Å²) in [6.07, 6.45) is -16.8. The van der Waals surface area contributed by atoms with Gasteiger partial charge < -0.3 is 0 Å². The van der Waals surface area contributed by atoms with E-state index in [-0.39, 0.29) is 48.0 Å². The van der Waals surface area contributed by atoms with Crippen LogP contribution in [0.5, 0.6) is 0 Å². The van der Waals surface area contributed by atoms with Gasteiger partial charge in [0.2, 0.25) is 0 Å². The van der Waals surface area contributed by atoms with Crippen LogP contribution in [0.2, 0.25) is 0 Å². The highest BCUT2D eigenvalue weighted by Gasteiger charge is 3.02. The lowest BCUT2D eigenvalue weighted by Gasteiger charge is -2.46. The minimum absolute atomic E-state index is 0. The van der Waals surface area contributed by atoms with Gasteiger partial charge in [-0.2, -0.15) is 149 Å². The Morgan fingerprint density at radius 1 is 0.115 bits per heavy atom. The van der Waals surface area contributed by atoms with Crippen molar-refractivity contribution in [3.05, 3.63) is 0 Å². The predicted octanol–water partition coefficient (Wildman–Crippen LogP) is 12.2. The SMILES string of the molecule is FC(F)(F)C(F)(F)C(F)(F)C(F)(F)C(F)(F)C(F)(F)C(F)(F)C(F)(F)C(F)(F)C(F)(F)C(F)(F)C(F)(F)C(F)(F)C(F)(F)C(F)(F)C(F)(F)F.I.I. The van der Waals surface area contributed by atoms with Crippen LogP contribution in [-0.4, -0.2) is 95.3 Å². The van der Waals surface area contributed by atoms with Crippen molar-refractivity contribution in [3.8, 4) is 0 Å². The first kappa shape index (κ1) is 55.4. The van der Waals surface area contributed by atoms with E-state index in [0.717, 1.165) is 0 Å². The number of hydrogen-bond donors (Lipinski definition) is 0. The third-order valence-electron chi connectivity index (χ3n) is 5.84. The van der Waals surface area contributed by atoms with E-state index in [1.165, 1.54) is 0 Å². The van der Waals surface area contributed by atoms with Crippen LogP contribution in [0.25, 0.3) is 0 Å². The third kappa shape index (κ3) is 6.31. The van der Waals surface area contributed by atoms with E-state index >= 15 is 0 Å². The van der Waals surface area contributed by atoms with E-state index in [9.17, 15) is 149 Å². The Balaban J connectivity index is -0.0000120. The molecule has 0 aliphatic rings. The number of halogens is 36. The van der Waals surface area contributed by atoms with E-state index < -0.39 is 95.3 Å². The predicted molar refractivity (Wildman–Crippen MR) is 112 cm³/mol. The Morgan fingerprint density at radius 3 is 0.231 bits per heavy atom. The highest BCUT2D eigenvalue weighted by Crippen LogP contribution is 2.69. The van der Waals surface area contributed by atoms with Crippen molar-refractivity contribution < 1.29 is 149 Å². The molecule has 0 bridgehead atoms. The molecule has 0 aromatic carbocycles. The molecule has 52 heavy (non-hydrogen) atoms. The van der Waals surface area contributed by atoms with Gasteiger partial charge in [-0.25, -0.2) is 0 Å². The second-order valence-corrected chi connectivity index (χ2v) is 9.04. The summed E-state index contributed by atoms with van der Waals surface area (Å²) in [6, 6.07) is 0. The summed E-state index contributed by atoms with van der Waals surface area (Å²) in [7, 11) is 0. The second-order valence-electron chi connectivity index (χ2n) is 9.04. The average molecular weight is 1090 g/mol. The minimum Gasteiger partial charge on any atom is -0.192 e. The molecule has 0 aliphatic heterocycles. The number of hydrogen-bond acceptors (Lipinski definition) is 0. The zero-order chi connectivity index (χ0) is 42.0. The molecule has 0 heterocycles. The molecule has 0 N–H and O–H groups in total. The molecular formula is C16H2F34I2. The van der Waals surface area contributed by atoms with Gasteiger partial charge in [0.1, 0.15) is 0 Å². The van der Waals surface area contributed by atoms with Gasteiger partial charge >= 0.3 is 95.3 Å². The maximum Gasteiger partial charge on any atom is 0.460 e. The lowest BCUT2D eigenvalue weighted by Crippen LogP contribution is -2.79. The lowest BCUT2D eigenvalue weighted by atomic mass is 9.83. The minimum atomic E-state index is -10.2. The summed E-state index contributed by atoms with van der Waals surface area (Å²) in [5.74, 6) is -137. The van der Waals surface area contributed by atoms with E-state index in [1.807, 2.05) is 0 Å². The van der Waals surface area contributed by atoms with Crippen LogP contribution in [0, 0.1) is 0 Å². The Hall–Kier alpha value is -0.920. The first-order valence-corrected chi connectivity index (χ1v) is 10.2. The van der Waals surface area contributed by atoms with Crippen molar-refractivity contribution in [1.29, 1.82) is 0 Å². The van der Waals surface area contributed by atoms with Gasteiger partial charge in [-0.05, 0) is 0 Å². The summed E-state index contributed by atoms with van der Waals surface area (Å²) < 4.78 is 446. The molecular weight excluding hydrogens is 1090 g/mol. The molecule has 0 saturated heterocycles. The van der Waals surface area contributed by atoms with Gasteiger partial charge in [-0.3, -0.25) is 0 Å². The van der Waals surface area contributed by atoms with Crippen LogP contribution >= 0.6 is 48.0 Å². The van der Waals surface area contributed by atoms with Crippen molar-refractivity contribution in [2.24, 2.45) is 0 Å². The second kappa shape index (κ2) is 13.3. The Labute approximate surface area is 292 Å². The molecule has 0 unspecified atom stereocenters. The highest BCUT2D eigenvalue weighted by atomic mass is 127. The van der Waals surface area contributed by atoms with Crippen molar-refractivity contribution in [2.75, 3.05) is 0 Å². The Bertz CT molecular complexity index is 1150. The van der Waals surface area contributed by atoms with Crippen LogP contribution < -0.4 is 0 Å². The standard InChI is InChI=1S/C16F34.2HI/c17-1(18,3(21,22)5(25,26)7(29,30)9(33,34)11(37,38)13(41,42)15(45,46)47)2(19,20)4(23,24)6(27,28)8(31,32)10(35,36)12(39,40)14(43,44)16(48,49)50;;/h;2*1H. The molecule has 0 fully saturated rings. The lowest BCUT2D eigenvalue weighted by molar-refractivity contribution is -0.492. The van der Waals surface area contributed by atoms with E-state index in [4.69, 9.17) is 0 Å². The van der Waals surface area contributed by atoms with E-state index in [1.54, 1.807) is 0 Å². The fourth-order valence-electron chi connectivity index (χ4n) is 2.72. The quantitative estimate of drug-likeness (QED) is 0.127. The monoisotopic (exact) mass is 1090 g/mol. The molecule has 0 aromatic rings. The van der Waals surface area contributed by atoms with Crippen molar-refractivity contribution >= 4 is 48.0 Å². The van der Waals surface area contributed by atoms with Gasteiger partial charge in [0.25, 0.3) is 0 Å². The molecule has 0 spiro atoms. The van der Waals surface area contributed by atoms with E-state index in [0.29, 0.717) is 0 Å². The molecule has 0 aromatic heterocycles. The van der Waals surface area contributed by atoms with Crippen molar-refractivity contribution in [2.45, 2.75) is 95.3 Å². The maximum absolute atomic E-state index is 13.7. The van der Waals surface area contributed by atoms with Gasteiger partial charge in [-0.15, -0.1) is 48.0 Å². The first-order chi connectivity index (χ1) is 20.8. The van der Waals surface area contributed by atoms with Crippen LogP contribution in [0.1, 0.15) is 0 Å². The summed E-state index contributed by atoms with van der Waals surface area (Å²) in [6.45, 7) is 0. The van der Waals surface area contributed by atoms with Crippen LogP contribution in [-0.2, 0) is 0 Å². The molecule has 36 heteroatoms. The number of rotatable bonds is 13. The van der Waals surface area contributed by atoms with E-state index in [2.05, 4.69) is 0 Å². The summed E-state index contributed by atoms with van der Waals surface area (Å²) >= 11 is 0.